The van der Waals surface area contributed by atoms with E-state index in [0.29, 0.717) is 5.92 Å². The topological polar surface area (TPSA) is 35.7 Å². The van der Waals surface area contributed by atoms with Gasteiger partial charge in [-0.2, -0.15) is 0 Å². The first-order valence-electron chi connectivity index (χ1n) is 7.95. The minimum Gasteiger partial charge on any atom is -0.378 e. The molecule has 1 atom stereocenters. The molecule has 2 N–H and O–H groups in total. The molecule has 1 aliphatic heterocycles. The Labute approximate surface area is 129 Å². The van der Waals surface area contributed by atoms with E-state index >= 15 is 0 Å². The summed E-state index contributed by atoms with van der Waals surface area (Å²) in [7, 11) is 6.35. The van der Waals surface area contributed by atoms with E-state index < -0.39 is 0 Å². The molecule has 4 nitrogen and oxygen atoms in total. The Kier molecular flexibility index (Phi) is 6.03. The van der Waals surface area contributed by atoms with Crippen molar-refractivity contribution in [3.8, 4) is 0 Å². The number of hydrogen-bond acceptors (Lipinski definition) is 4. The fourth-order valence-corrected chi connectivity index (χ4v) is 2.88. The summed E-state index contributed by atoms with van der Waals surface area (Å²) in [6, 6.07) is 8.86. The van der Waals surface area contributed by atoms with E-state index in [0.717, 1.165) is 19.5 Å². The van der Waals surface area contributed by atoms with Gasteiger partial charge in [0.05, 0.1) is 0 Å². The summed E-state index contributed by atoms with van der Waals surface area (Å²) in [6.45, 7) is 6.59. The van der Waals surface area contributed by atoms with Crippen LogP contribution in [-0.4, -0.2) is 70.2 Å². The number of likely N-dealkylation sites (N-methyl/N-ethyl adjacent to an activating group) is 1. The molecular formula is C17H30N4. The first kappa shape index (κ1) is 16.3. The minimum absolute atomic E-state index is 0.554. The highest BCUT2D eigenvalue weighted by Gasteiger charge is 2.18. The van der Waals surface area contributed by atoms with Gasteiger partial charge in [0.25, 0.3) is 0 Å². The molecule has 118 valence electrons. The van der Waals surface area contributed by atoms with Crippen molar-refractivity contribution in [2.24, 2.45) is 11.7 Å². The molecule has 0 bridgehead atoms. The van der Waals surface area contributed by atoms with Crippen molar-refractivity contribution >= 4 is 5.69 Å². The van der Waals surface area contributed by atoms with Crippen LogP contribution in [0.2, 0.25) is 0 Å². The van der Waals surface area contributed by atoms with Crippen LogP contribution >= 0.6 is 0 Å². The summed E-state index contributed by atoms with van der Waals surface area (Å²) in [5, 5.41) is 0. The molecule has 2 rings (SSSR count). The zero-order chi connectivity index (χ0) is 15.2. The Morgan fingerprint density at radius 3 is 2.24 bits per heavy atom. The maximum atomic E-state index is 6.00. The second-order valence-corrected chi connectivity index (χ2v) is 6.47. The van der Waals surface area contributed by atoms with Crippen LogP contribution in [0.15, 0.2) is 24.3 Å². The molecule has 1 aromatic rings. The summed E-state index contributed by atoms with van der Waals surface area (Å²) in [5.41, 5.74) is 8.64. The van der Waals surface area contributed by atoms with Gasteiger partial charge in [0.15, 0.2) is 0 Å². The Balaban J connectivity index is 1.86. The van der Waals surface area contributed by atoms with E-state index in [1.807, 2.05) is 0 Å². The molecular weight excluding hydrogens is 260 g/mol. The molecule has 0 amide bonds. The average molecular weight is 290 g/mol. The zero-order valence-electron chi connectivity index (χ0n) is 13.8. The number of piperazine rings is 1. The highest BCUT2D eigenvalue weighted by atomic mass is 15.2. The standard InChI is InChI=1S/C17H30N4/c1-19(2)17-6-4-15(5-7-17)12-16(13-18)14-21-10-8-20(3)9-11-21/h4-7,16H,8-14,18H2,1-3H3. The van der Waals surface area contributed by atoms with Crippen molar-refractivity contribution in [2.75, 3.05) is 65.3 Å². The number of nitrogens with zero attached hydrogens (tertiary/aromatic N) is 3. The van der Waals surface area contributed by atoms with E-state index in [9.17, 15) is 0 Å². The maximum Gasteiger partial charge on any atom is 0.0361 e. The monoisotopic (exact) mass is 290 g/mol. The second kappa shape index (κ2) is 7.78. The van der Waals surface area contributed by atoms with Crippen molar-refractivity contribution in [1.82, 2.24) is 9.80 Å². The van der Waals surface area contributed by atoms with Crippen LogP contribution in [0.25, 0.3) is 0 Å². The molecule has 0 saturated carbocycles. The van der Waals surface area contributed by atoms with Crippen LogP contribution in [0.5, 0.6) is 0 Å². The third kappa shape index (κ3) is 4.99. The fraction of sp³-hybridized carbons (Fsp3) is 0.647. The van der Waals surface area contributed by atoms with Crippen molar-refractivity contribution in [2.45, 2.75) is 6.42 Å². The predicted octanol–water partition coefficient (Wildman–Crippen LogP) is 1.12. The third-order valence-corrected chi connectivity index (χ3v) is 4.42. The maximum absolute atomic E-state index is 6.00. The van der Waals surface area contributed by atoms with Gasteiger partial charge in [-0.05, 0) is 43.6 Å². The lowest BCUT2D eigenvalue weighted by Gasteiger charge is -2.34. The van der Waals surface area contributed by atoms with E-state index in [-0.39, 0.29) is 0 Å². The van der Waals surface area contributed by atoms with Crippen LogP contribution in [0.3, 0.4) is 0 Å². The lowest BCUT2D eigenvalue weighted by atomic mass is 9.98. The van der Waals surface area contributed by atoms with Crippen LogP contribution < -0.4 is 10.6 Å². The molecule has 1 heterocycles. The van der Waals surface area contributed by atoms with Crippen LogP contribution in [0, 0.1) is 5.92 Å². The van der Waals surface area contributed by atoms with Gasteiger partial charge in [0.2, 0.25) is 0 Å². The summed E-state index contributed by atoms with van der Waals surface area (Å²) >= 11 is 0. The smallest absolute Gasteiger partial charge is 0.0361 e. The molecule has 21 heavy (non-hydrogen) atoms. The van der Waals surface area contributed by atoms with E-state index in [1.165, 1.54) is 37.4 Å². The number of nitrogens with two attached hydrogens (primary N) is 1. The molecule has 0 radical (unpaired) electrons. The largest absolute Gasteiger partial charge is 0.378 e. The number of anilines is 1. The summed E-state index contributed by atoms with van der Waals surface area (Å²) < 4.78 is 0. The van der Waals surface area contributed by atoms with E-state index in [4.69, 9.17) is 5.73 Å². The van der Waals surface area contributed by atoms with Gasteiger partial charge in [-0.3, -0.25) is 0 Å². The molecule has 1 aliphatic rings. The SMILES string of the molecule is CN1CCN(CC(CN)Cc2ccc(N(C)C)cc2)CC1. The summed E-state index contributed by atoms with van der Waals surface area (Å²) in [6.07, 6.45) is 1.08. The van der Waals surface area contributed by atoms with Gasteiger partial charge < -0.3 is 20.4 Å². The van der Waals surface area contributed by atoms with Gasteiger partial charge in [0, 0.05) is 52.5 Å². The molecule has 1 saturated heterocycles. The number of hydrogen-bond donors (Lipinski definition) is 1. The van der Waals surface area contributed by atoms with Crippen molar-refractivity contribution < 1.29 is 0 Å². The first-order valence-corrected chi connectivity index (χ1v) is 7.95. The Hall–Kier alpha value is -1.10. The number of rotatable bonds is 6. The van der Waals surface area contributed by atoms with Gasteiger partial charge in [-0.15, -0.1) is 0 Å². The molecule has 1 aromatic carbocycles. The molecule has 1 unspecified atom stereocenters. The first-order chi connectivity index (χ1) is 10.1. The second-order valence-electron chi connectivity index (χ2n) is 6.47. The highest BCUT2D eigenvalue weighted by Crippen LogP contribution is 2.16. The molecule has 4 heteroatoms. The molecule has 1 fully saturated rings. The average Bonchev–Trinajstić information content (AvgIpc) is 2.49. The lowest BCUT2D eigenvalue weighted by molar-refractivity contribution is 0.137. The van der Waals surface area contributed by atoms with Crippen LogP contribution in [-0.2, 0) is 6.42 Å². The van der Waals surface area contributed by atoms with Crippen LogP contribution in [0.4, 0.5) is 5.69 Å². The van der Waals surface area contributed by atoms with E-state index in [1.54, 1.807) is 0 Å². The fourth-order valence-electron chi connectivity index (χ4n) is 2.88. The quantitative estimate of drug-likeness (QED) is 0.851. The molecule has 0 aromatic heterocycles. The minimum atomic E-state index is 0.554. The van der Waals surface area contributed by atoms with Gasteiger partial charge in [-0.25, -0.2) is 0 Å². The Bertz CT molecular complexity index is 407. The summed E-state index contributed by atoms with van der Waals surface area (Å²) in [5.74, 6) is 0.554. The molecule has 0 aliphatic carbocycles. The Morgan fingerprint density at radius 2 is 1.71 bits per heavy atom. The number of benzene rings is 1. The van der Waals surface area contributed by atoms with Gasteiger partial charge in [0.1, 0.15) is 0 Å². The summed E-state index contributed by atoms with van der Waals surface area (Å²) in [4.78, 5) is 7.09. The normalized spacial score (nSPS) is 18.7. The highest BCUT2D eigenvalue weighted by molar-refractivity contribution is 5.46. The molecule has 0 spiro atoms. The van der Waals surface area contributed by atoms with Crippen LogP contribution in [0.1, 0.15) is 5.56 Å². The van der Waals surface area contributed by atoms with Crippen molar-refractivity contribution in [3.05, 3.63) is 29.8 Å². The lowest BCUT2D eigenvalue weighted by Crippen LogP contribution is -2.47. The predicted molar refractivity (Wildman–Crippen MR) is 91.0 cm³/mol. The van der Waals surface area contributed by atoms with E-state index in [2.05, 4.69) is 60.1 Å². The van der Waals surface area contributed by atoms with Gasteiger partial charge in [-0.1, -0.05) is 12.1 Å². The third-order valence-electron chi connectivity index (χ3n) is 4.42. The zero-order valence-corrected chi connectivity index (χ0v) is 13.8. The van der Waals surface area contributed by atoms with Crippen molar-refractivity contribution in [1.29, 1.82) is 0 Å². The van der Waals surface area contributed by atoms with Crippen molar-refractivity contribution in [3.63, 3.8) is 0 Å². The Morgan fingerprint density at radius 1 is 1.10 bits per heavy atom. The van der Waals surface area contributed by atoms with Gasteiger partial charge >= 0.3 is 0 Å².